The molecule has 0 aromatic heterocycles. The standard InChI is InChI=1S/C25H22ClN3O4/c1-2-25(17-8-10-18(26)11-9-17)23(31)29(24(32)28-25)16-22(30)27-19-12-14-21(15-13-19)33-20-6-4-3-5-7-20/h3-15H,2,16H2,1H3,(H,27,30)(H,28,32)/t25-/m0/s1. The molecular formula is C25H22ClN3O4. The summed E-state index contributed by atoms with van der Waals surface area (Å²) in [5.41, 5.74) is -0.0881. The number of para-hydroxylation sites is 1. The normalized spacial score (nSPS) is 17.6. The van der Waals surface area contributed by atoms with Gasteiger partial charge < -0.3 is 15.4 Å². The van der Waals surface area contributed by atoms with Gasteiger partial charge >= 0.3 is 6.03 Å². The SMILES string of the molecule is CC[C@@]1(c2ccc(Cl)cc2)NC(=O)N(CC(=O)Nc2ccc(Oc3ccccc3)cc2)C1=O. The van der Waals surface area contributed by atoms with Crippen molar-refractivity contribution in [2.24, 2.45) is 0 Å². The van der Waals surface area contributed by atoms with Crippen molar-refractivity contribution in [2.75, 3.05) is 11.9 Å². The fourth-order valence-corrected chi connectivity index (χ4v) is 3.84. The number of urea groups is 1. The first-order valence-electron chi connectivity index (χ1n) is 10.4. The highest BCUT2D eigenvalue weighted by Crippen LogP contribution is 2.33. The molecule has 3 aromatic carbocycles. The summed E-state index contributed by atoms with van der Waals surface area (Å²) in [7, 11) is 0. The van der Waals surface area contributed by atoms with E-state index in [1.165, 1.54) is 0 Å². The third-order valence-electron chi connectivity index (χ3n) is 5.46. The number of rotatable bonds is 7. The van der Waals surface area contributed by atoms with E-state index in [9.17, 15) is 14.4 Å². The van der Waals surface area contributed by atoms with E-state index in [1.807, 2.05) is 30.3 Å². The summed E-state index contributed by atoms with van der Waals surface area (Å²) in [6, 6.07) is 22.3. The lowest BCUT2D eigenvalue weighted by atomic mass is 9.87. The number of carbonyl (C=O) groups excluding carboxylic acids is 3. The molecule has 3 aromatic rings. The van der Waals surface area contributed by atoms with Crippen LogP contribution in [0.2, 0.25) is 5.02 Å². The van der Waals surface area contributed by atoms with Crippen molar-refractivity contribution < 1.29 is 19.1 Å². The third-order valence-corrected chi connectivity index (χ3v) is 5.71. The summed E-state index contributed by atoms with van der Waals surface area (Å²) in [6.07, 6.45) is 0.334. The number of imide groups is 1. The van der Waals surface area contributed by atoms with E-state index in [4.69, 9.17) is 16.3 Å². The Hall–Kier alpha value is -3.84. The quantitative estimate of drug-likeness (QED) is 0.486. The molecule has 0 saturated carbocycles. The van der Waals surface area contributed by atoms with Crippen LogP contribution in [-0.2, 0) is 15.1 Å². The molecule has 1 fully saturated rings. The summed E-state index contributed by atoms with van der Waals surface area (Å²) in [6.45, 7) is 1.40. The molecule has 4 amide bonds. The molecule has 1 aliphatic heterocycles. The number of hydrogen-bond donors (Lipinski definition) is 2. The molecule has 4 rings (SSSR count). The molecule has 1 aliphatic rings. The number of hydrogen-bond acceptors (Lipinski definition) is 4. The van der Waals surface area contributed by atoms with Crippen LogP contribution in [0.3, 0.4) is 0 Å². The van der Waals surface area contributed by atoms with E-state index in [0.717, 1.165) is 4.90 Å². The Labute approximate surface area is 196 Å². The zero-order valence-corrected chi connectivity index (χ0v) is 18.6. The molecule has 33 heavy (non-hydrogen) atoms. The first-order chi connectivity index (χ1) is 15.9. The number of halogens is 1. The molecule has 0 spiro atoms. The predicted octanol–water partition coefficient (Wildman–Crippen LogP) is 4.93. The van der Waals surface area contributed by atoms with Gasteiger partial charge in [0.1, 0.15) is 23.6 Å². The Balaban J connectivity index is 1.41. The Morgan fingerprint density at radius 3 is 2.24 bits per heavy atom. The molecule has 8 heteroatoms. The largest absolute Gasteiger partial charge is 0.457 e. The monoisotopic (exact) mass is 463 g/mol. The average molecular weight is 464 g/mol. The highest BCUT2D eigenvalue weighted by atomic mass is 35.5. The predicted molar refractivity (Wildman–Crippen MR) is 125 cm³/mol. The van der Waals surface area contributed by atoms with Crippen LogP contribution in [0.4, 0.5) is 10.5 Å². The molecule has 0 aliphatic carbocycles. The number of anilines is 1. The molecule has 1 heterocycles. The van der Waals surface area contributed by atoms with Gasteiger partial charge in [-0.15, -0.1) is 0 Å². The van der Waals surface area contributed by atoms with Gasteiger partial charge in [-0.1, -0.05) is 48.9 Å². The van der Waals surface area contributed by atoms with Crippen LogP contribution in [-0.4, -0.2) is 29.3 Å². The van der Waals surface area contributed by atoms with Gasteiger partial charge in [-0.3, -0.25) is 14.5 Å². The van der Waals surface area contributed by atoms with Gasteiger partial charge in [-0.05, 0) is 60.5 Å². The molecule has 1 saturated heterocycles. The van der Waals surface area contributed by atoms with Crippen molar-refractivity contribution in [3.63, 3.8) is 0 Å². The van der Waals surface area contributed by atoms with Crippen LogP contribution in [0, 0.1) is 0 Å². The first-order valence-corrected chi connectivity index (χ1v) is 10.8. The van der Waals surface area contributed by atoms with E-state index in [-0.39, 0.29) is 0 Å². The zero-order valence-electron chi connectivity index (χ0n) is 17.9. The lowest BCUT2D eigenvalue weighted by Gasteiger charge is -2.25. The number of carbonyl (C=O) groups is 3. The van der Waals surface area contributed by atoms with E-state index in [2.05, 4.69) is 10.6 Å². The van der Waals surface area contributed by atoms with Crippen LogP contribution >= 0.6 is 11.6 Å². The van der Waals surface area contributed by atoms with Gasteiger partial charge in [-0.2, -0.15) is 0 Å². The third kappa shape index (κ3) is 4.68. The first kappa shape index (κ1) is 22.4. The molecule has 0 bridgehead atoms. The number of benzene rings is 3. The second kappa shape index (κ2) is 9.34. The van der Waals surface area contributed by atoms with Gasteiger partial charge in [0.2, 0.25) is 5.91 Å². The maximum atomic E-state index is 13.2. The van der Waals surface area contributed by atoms with Crippen LogP contribution in [0.15, 0.2) is 78.9 Å². The second-order valence-electron chi connectivity index (χ2n) is 7.57. The van der Waals surface area contributed by atoms with Gasteiger partial charge in [0.25, 0.3) is 5.91 Å². The summed E-state index contributed by atoms with van der Waals surface area (Å²) in [4.78, 5) is 39.3. The van der Waals surface area contributed by atoms with Crippen molar-refractivity contribution in [3.05, 3.63) is 89.4 Å². The van der Waals surface area contributed by atoms with E-state index in [1.54, 1.807) is 55.5 Å². The zero-order chi connectivity index (χ0) is 23.4. The molecule has 0 unspecified atom stereocenters. The smallest absolute Gasteiger partial charge is 0.325 e. The highest BCUT2D eigenvalue weighted by Gasteiger charge is 2.51. The van der Waals surface area contributed by atoms with Crippen molar-refractivity contribution in [1.29, 1.82) is 0 Å². The van der Waals surface area contributed by atoms with Gasteiger partial charge in [0.05, 0.1) is 0 Å². The van der Waals surface area contributed by atoms with Crippen molar-refractivity contribution in [3.8, 4) is 11.5 Å². The van der Waals surface area contributed by atoms with Gasteiger partial charge in [0, 0.05) is 10.7 Å². The summed E-state index contributed by atoms with van der Waals surface area (Å²) in [5.74, 6) is 0.356. The molecule has 7 nitrogen and oxygen atoms in total. The van der Waals surface area contributed by atoms with Crippen LogP contribution in [0.25, 0.3) is 0 Å². The van der Waals surface area contributed by atoms with E-state index in [0.29, 0.717) is 34.2 Å². The lowest BCUT2D eigenvalue weighted by Crippen LogP contribution is -2.44. The minimum absolute atomic E-state index is 0.334. The van der Waals surface area contributed by atoms with Crippen LogP contribution in [0.1, 0.15) is 18.9 Å². The van der Waals surface area contributed by atoms with Crippen molar-refractivity contribution in [1.82, 2.24) is 10.2 Å². The van der Waals surface area contributed by atoms with Gasteiger partial charge in [-0.25, -0.2) is 4.79 Å². The van der Waals surface area contributed by atoms with Gasteiger partial charge in [0.15, 0.2) is 0 Å². The Morgan fingerprint density at radius 2 is 1.61 bits per heavy atom. The molecule has 1 atom stereocenters. The lowest BCUT2D eigenvalue weighted by molar-refractivity contribution is -0.134. The summed E-state index contributed by atoms with van der Waals surface area (Å²) < 4.78 is 5.73. The molecular weight excluding hydrogens is 442 g/mol. The Kier molecular flexibility index (Phi) is 6.33. The maximum absolute atomic E-state index is 13.2. The van der Waals surface area contributed by atoms with Crippen LogP contribution in [0.5, 0.6) is 11.5 Å². The average Bonchev–Trinajstić information content (AvgIpc) is 3.06. The van der Waals surface area contributed by atoms with Crippen molar-refractivity contribution in [2.45, 2.75) is 18.9 Å². The topological polar surface area (TPSA) is 87.7 Å². The number of amides is 4. The second-order valence-corrected chi connectivity index (χ2v) is 8.01. The number of nitrogens with one attached hydrogen (secondary N) is 2. The molecule has 2 N–H and O–H groups in total. The highest BCUT2D eigenvalue weighted by molar-refractivity contribution is 6.30. The van der Waals surface area contributed by atoms with E-state index >= 15 is 0 Å². The minimum atomic E-state index is -1.22. The van der Waals surface area contributed by atoms with Crippen molar-refractivity contribution >= 4 is 35.1 Å². The van der Waals surface area contributed by atoms with Crippen LogP contribution < -0.4 is 15.4 Å². The number of nitrogens with zero attached hydrogens (tertiary/aromatic N) is 1. The minimum Gasteiger partial charge on any atom is -0.457 e. The Morgan fingerprint density at radius 1 is 0.970 bits per heavy atom. The Bertz CT molecular complexity index is 1170. The van der Waals surface area contributed by atoms with E-state index < -0.39 is 29.9 Å². The number of ether oxygens (including phenoxy) is 1. The molecule has 0 radical (unpaired) electrons. The maximum Gasteiger partial charge on any atom is 0.325 e. The fourth-order valence-electron chi connectivity index (χ4n) is 3.72. The summed E-state index contributed by atoms with van der Waals surface area (Å²) in [5, 5.41) is 5.98. The molecule has 168 valence electrons. The summed E-state index contributed by atoms with van der Waals surface area (Å²) >= 11 is 5.95. The fraction of sp³-hybridized carbons (Fsp3) is 0.160.